The minimum Gasteiger partial charge on any atom is -0.335 e. The lowest BCUT2D eigenvalue weighted by Gasteiger charge is -2.06. The van der Waals surface area contributed by atoms with Gasteiger partial charge in [-0.05, 0) is 24.3 Å². The second-order valence-corrected chi connectivity index (χ2v) is 6.39. The molecule has 0 spiro atoms. The van der Waals surface area contributed by atoms with E-state index >= 15 is 0 Å². The molecule has 3 rings (SSSR count). The Balaban J connectivity index is 1.66. The number of nitro groups is 1. The van der Waals surface area contributed by atoms with Gasteiger partial charge in [-0.2, -0.15) is 4.39 Å². The molecule has 3 N–H and O–H groups in total. The van der Waals surface area contributed by atoms with E-state index in [1.807, 2.05) is 0 Å². The lowest BCUT2D eigenvalue weighted by atomic mass is 10.2. The van der Waals surface area contributed by atoms with E-state index in [2.05, 4.69) is 15.5 Å². The molecule has 28 heavy (non-hydrogen) atoms. The summed E-state index contributed by atoms with van der Waals surface area (Å²) in [5.41, 5.74) is -0.245. The van der Waals surface area contributed by atoms with Gasteiger partial charge in [0.2, 0.25) is 16.9 Å². The lowest BCUT2D eigenvalue weighted by Crippen LogP contribution is -2.16. The number of aromatic nitrogens is 3. The predicted molar refractivity (Wildman–Crippen MR) is 98.0 cm³/mol. The van der Waals surface area contributed by atoms with E-state index in [-0.39, 0.29) is 22.4 Å². The van der Waals surface area contributed by atoms with Crippen molar-refractivity contribution in [3.63, 3.8) is 0 Å². The fourth-order valence-electron chi connectivity index (χ4n) is 2.26. The highest BCUT2D eigenvalue weighted by atomic mass is 32.2. The maximum Gasteiger partial charge on any atom is 0.306 e. The van der Waals surface area contributed by atoms with Crippen LogP contribution in [0.3, 0.4) is 0 Å². The predicted octanol–water partition coefficient (Wildman–Crippen LogP) is 2.58. The van der Waals surface area contributed by atoms with Crippen LogP contribution < -0.4 is 11.2 Å². The number of amides is 1. The zero-order valence-corrected chi connectivity index (χ0v) is 14.8. The molecule has 12 heteroatoms. The van der Waals surface area contributed by atoms with Crippen molar-refractivity contribution < 1.29 is 18.5 Å². The molecule has 0 saturated heterocycles. The number of nitrogens with two attached hydrogens (primary N) is 1. The zero-order valence-electron chi connectivity index (χ0n) is 14.0. The molecule has 0 saturated carbocycles. The van der Waals surface area contributed by atoms with Crippen molar-refractivity contribution in [1.29, 1.82) is 0 Å². The monoisotopic (exact) mass is 406 g/mol. The minimum atomic E-state index is -1.00. The second-order valence-electron chi connectivity index (χ2n) is 5.45. The van der Waals surface area contributed by atoms with Gasteiger partial charge in [0.25, 0.3) is 0 Å². The largest absolute Gasteiger partial charge is 0.335 e. The summed E-state index contributed by atoms with van der Waals surface area (Å²) in [6.07, 6.45) is 0. The molecule has 1 aromatic heterocycles. The molecule has 1 heterocycles. The summed E-state index contributed by atoms with van der Waals surface area (Å²) in [5, 5.41) is 21.1. The van der Waals surface area contributed by atoms with Crippen LogP contribution in [0.25, 0.3) is 11.4 Å². The Morgan fingerprint density at radius 1 is 1.25 bits per heavy atom. The maximum absolute atomic E-state index is 13.3. The average Bonchev–Trinajstić information content (AvgIpc) is 3.02. The Bertz CT molecular complexity index is 1060. The van der Waals surface area contributed by atoms with E-state index in [0.29, 0.717) is 5.56 Å². The molecule has 9 nitrogen and oxygen atoms in total. The average molecular weight is 406 g/mol. The highest BCUT2D eigenvalue weighted by molar-refractivity contribution is 7.99. The number of nitrogens with zero attached hydrogens (tertiary/aromatic N) is 4. The number of hydrogen-bond acceptors (Lipinski definition) is 7. The molecule has 144 valence electrons. The van der Waals surface area contributed by atoms with Crippen LogP contribution in [-0.2, 0) is 4.79 Å². The first-order valence-corrected chi connectivity index (χ1v) is 8.66. The summed E-state index contributed by atoms with van der Waals surface area (Å²) >= 11 is 0.958. The number of hydrogen-bond donors (Lipinski definition) is 2. The van der Waals surface area contributed by atoms with E-state index in [1.165, 1.54) is 24.3 Å². The summed E-state index contributed by atoms with van der Waals surface area (Å²) in [5.74, 6) is 4.01. The number of rotatable bonds is 6. The molecule has 3 aromatic rings. The summed E-state index contributed by atoms with van der Waals surface area (Å²) in [6.45, 7) is 0. The Labute approximate surface area is 160 Å². The molecule has 0 bridgehead atoms. The standard InChI is InChI=1S/C16H12F2N6O3S/c17-10-3-1-2-9(6-10)15-21-22-16(23(15)19)28-8-14(25)20-11-4-5-12(18)13(7-11)24(26)27/h1-7H,8,19H2,(H,20,25). The van der Waals surface area contributed by atoms with Crippen LogP contribution in [0.15, 0.2) is 47.6 Å². The van der Waals surface area contributed by atoms with E-state index in [1.54, 1.807) is 6.07 Å². The number of halogens is 2. The van der Waals surface area contributed by atoms with E-state index in [9.17, 15) is 23.7 Å². The lowest BCUT2D eigenvalue weighted by molar-refractivity contribution is -0.387. The number of carbonyl (C=O) groups excluding carboxylic acids is 1. The molecule has 0 aliphatic heterocycles. The number of nitrogen functional groups attached to an aromatic ring is 1. The molecule has 0 radical (unpaired) electrons. The number of benzene rings is 2. The fraction of sp³-hybridized carbons (Fsp3) is 0.0625. The van der Waals surface area contributed by atoms with Crippen molar-refractivity contribution in [1.82, 2.24) is 14.9 Å². The van der Waals surface area contributed by atoms with Crippen LogP contribution in [0.2, 0.25) is 0 Å². The molecular formula is C16H12F2N6O3S. The van der Waals surface area contributed by atoms with Gasteiger partial charge in [0, 0.05) is 17.3 Å². The van der Waals surface area contributed by atoms with Gasteiger partial charge in [0.05, 0.1) is 10.7 Å². The number of nitrogens with one attached hydrogen (secondary N) is 1. The number of nitro benzene ring substituents is 1. The van der Waals surface area contributed by atoms with Crippen molar-refractivity contribution in [2.75, 3.05) is 16.9 Å². The van der Waals surface area contributed by atoms with Crippen LogP contribution in [0, 0.1) is 21.7 Å². The van der Waals surface area contributed by atoms with Crippen LogP contribution in [0.4, 0.5) is 20.2 Å². The molecule has 0 aliphatic carbocycles. The Morgan fingerprint density at radius 2 is 2.04 bits per heavy atom. The van der Waals surface area contributed by atoms with Crippen LogP contribution in [-0.4, -0.2) is 31.5 Å². The fourth-order valence-corrected chi connectivity index (χ4v) is 2.91. The van der Waals surface area contributed by atoms with Crippen molar-refractivity contribution >= 4 is 29.0 Å². The summed E-state index contributed by atoms with van der Waals surface area (Å²) in [7, 11) is 0. The molecule has 0 aliphatic rings. The van der Waals surface area contributed by atoms with Gasteiger partial charge in [-0.3, -0.25) is 14.9 Å². The van der Waals surface area contributed by atoms with Gasteiger partial charge >= 0.3 is 5.69 Å². The SMILES string of the molecule is Nn1c(SCC(=O)Nc2ccc(F)c([N+](=O)[O-])c2)nnc1-c1cccc(F)c1. The van der Waals surface area contributed by atoms with Gasteiger partial charge in [0.1, 0.15) is 5.82 Å². The third-order valence-corrected chi connectivity index (χ3v) is 4.45. The minimum absolute atomic E-state index is 0.0772. The Hall–Kier alpha value is -3.54. The zero-order chi connectivity index (χ0) is 20.3. The van der Waals surface area contributed by atoms with Gasteiger partial charge in [-0.25, -0.2) is 9.07 Å². The topological polar surface area (TPSA) is 129 Å². The third-order valence-electron chi connectivity index (χ3n) is 3.51. The smallest absolute Gasteiger partial charge is 0.306 e. The van der Waals surface area contributed by atoms with E-state index < -0.39 is 28.2 Å². The van der Waals surface area contributed by atoms with Gasteiger partial charge < -0.3 is 11.2 Å². The van der Waals surface area contributed by atoms with Gasteiger partial charge in [-0.15, -0.1) is 10.2 Å². The first-order valence-electron chi connectivity index (χ1n) is 7.68. The van der Waals surface area contributed by atoms with Gasteiger partial charge in [-0.1, -0.05) is 23.9 Å². The van der Waals surface area contributed by atoms with E-state index in [0.717, 1.165) is 28.6 Å². The van der Waals surface area contributed by atoms with Crippen molar-refractivity contribution in [3.8, 4) is 11.4 Å². The number of anilines is 1. The molecule has 0 fully saturated rings. The maximum atomic E-state index is 13.3. The molecule has 1 amide bonds. The second kappa shape index (κ2) is 8.00. The molecule has 0 unspecified atom stereocenters. The normalized spacial score (nSPS) is 10.6. The van der Waals surface area contributed by atoms with E-state index in [4.69, 9.17) is 5.84 Å². The van der Waals surface area contributed by atoms with Crippen LogP contribution in [0.5, 0.6) is 0 Å². The summed E-state index contributed by atoms with van der Waals surface area (Å²) < 4.78 is 27.8. The molecule has 0 atom stereocenters. The third kappa shape index (κ3) is 4.23. The molecule has 2 aromatic carbocycles. The summed E-state index contributed by atoms with van der Waals surface area (Å²) in [6, 6.07) is 8.66. The highest BCUT2D eigenvalue weighted by Crippen LogP contribution is 2.24. The molecular weight excluding hydrogens is 394 g/mol. The Morgan fingerprint density at radius 3 is 2.75 bits per heavy atom. The quantitative estimate of drug-likeness (QED) is 0.279. The number of thioether (sulfide) groups is 1. The highest BCUT2D eigenvalue weighted by Gasteiger charge is 2.17. The first-order chi connectivity index (χ1) is 13.3. The van der Waals surface area contributed by atoms with Crippen LogP contribution >= 0.6 is 11.8 Å². The Kier molecular flexibility index (Phi) is 5.49. The van der Waals surface area contributed by atoms with Crippen LogP contribution in [0.1, 0.15) is 0 Å². The van der Waals surface area contributed by atoms with Gasteiger partial charge in [0.15, 0.2) is 5.82 Å². The van der Waals surface area contributed by atoms with Crippen molar-refractivity contribution in [2.45, 2.75) is 5.16 Å². The number of carbonyl (C=O) groups is 1. The van der Waals surface area contributed by atoms with Crippen molar-refractivity contribution in [3.05, 3.63) is 64.2 Å². The van der Waals surface area contributed by atoms with Crippen molar-refractivity contribution in [2.24, 2.45) is 0 Å². The summed E-state index contributed by atoms with van der Waals surface area (Å²) in [4.78, 5) is 21.9. The first kappa shape index (κ1) is 19.2.